The predicted octanol–water partition coefficient (Wildman–Crippen LogP) is 1.72. The van der Waals surface area contributed by atoms with Crippen LogP contribution in [0.2, 0.25) is 0 Å². The molecule has 4 atom stereocenters. The number of carbonyl (C=O) groups is 2. The summed E-state index contributed by atoms with van der Waals surface area (Å²) in [4.78, 5) is 28.7. The van der Waals surface area contributed by atoms with E-state index >= 15 is 0 Å². The standard InChI is InChI=1S/C21H26N2O4/c24-20(18-16-8-9-17(27-16)19(18)21(25)26)23-13-11-22(12-14-23)10-4-7-15-5-2-1-3-6-15/h1-7,16-19H,8-14H2,(H,25,26)/b7-4-/t16-,17-,18-,19-/m1/s1. The Balaban J connectivity index is 1.29. The molecule has 1 amide bonds. The number of benzene rings is 1. The average molecular weight is 370 g/mol. The number of aliphatic carboxylic acids is 1. The maximum absolute atomic E-state index is 13.0. The first kappa shape index (κ1) is 18.2. The van der Waals surface area contributed by atoms with Crippen LogP contribution < -0.4 is 0 Å². The summed E-state index contributed by atoms with van der Waals surface area (Å²) < 4.78 is 5.74. The van der Waals surface area contributed by atoms with Crippen molar-refractivity contribution in [3.05, 3.63) is 42.0 Å². The van der Waals surface area contributed by atoms with Crippen molar-refractivity contribution < 1.29 is 19.4 Å². The molecule has 6 nitrogen and oxygen atoms in total. The van der Waals surface area contributed by atoms with E-state index in [0.717, 1.165) is 32.5 Å². The van der Waals surface area contributed by atoms with Gasteiger partial charge in [-0.25, -0.2) is 0 Å². The molecule has 0 spiro atoms. The number of nitrogens with zero attached hydrogens (tertiary/aromatic N) is 2. The Kier molecular flexibility index (Phi) is 5.27. The highest BCUT2D eigenvalue weighted by Gasteiger charge is 2.56. The number of hydrogen-bond acceptors (Lipinski definition) is 4. The minimum Gasteiger partial charge on any atom is -0.481 e. The van der Waals surface area contributed by atoms with Crippen molar-refractivity contribution in [3.63, 3.8) is 0 Å². The molecule has 144 valence electrons. The predicted molar refractivity (Wildman–Crippen MR) is 101 cm³/mol. The molecule has 0 unspecified atom stereocenters. The van der Waals surface area contributed by atoms with Crippen molar-refractivity contribution in [2.75, 3.05) is 32.7 Å². The summed E-state index contributed by atoms with van der Waals surface area (Å²) in [6.45, 7) is 3.77. The van der Waals surface area contributed by atoms with Gasteiger partial charge in [0.15, 0.2) is 0 Å². The third-order valence-electron chi connectivity index (χ3n) is 6.00. The van der Waals surface area contributed by atoms with Gasteiger partial charge in [-0.2, -0.15) is 0 Å². The Morgan fingerprint density at radius 3 is 2.37 bits per heavy atom. The third-order valence-corrected chi connectivity index (χ3v) is 6.00. The van der Waals surface area contributed by atoms with Gasteiger partial charge in [0.05, 0.1) is 24.0 Å². The molecule has 1 aromatic carbocycles. The maximum Gasteiger partial charge on any atom is 0.310 e. The fraction of sp³-hybridized carbons (Fsp3) is 0.524. The van der Waals surface area contributed by atoms with E-state index in [0.29, 0.717) is 13.1 Å². The average Bonchev–Trinajstić information content (AvgIpc) is 3.30. The first-order valence-electron chi connectivity index (χ1n) is 9.74. The van der Waals surface area contributed by atoms with E-state index in [1.807, 2.05) is 23.1 Å². The Morgan fingerprint density at radius 2 is 1.70 bits per heavy atom. The Hall–Kier alpha value is -2.18. The number of carboxylic acid groups (broad SMARTS) is 1. The number of hydrogen-bond donors (Lipinski definition) is 1. The van der Waals surface area contributed by atoms with Crippen LogP contribution in [0.25, 0.3) is 6.08 Å². The van der Waals surface area contributed by atoms with Gasteiger partial charge in [0.25, 0.3) is 0 Å². The lowest BCUT2D eigenvalue weighted by molar-refractivity contribution is -0.151. The molecule has 3 aliphatic rings. The molecule has 0 radical (unpaired) electrons. The number of carbonyl (C=O) groups excluding carboxylic acids is 1. The van der Waals surface area contributed by atoms with E-state index in [2.05, 4.69) is 29.2 Å². The molecule has 0 saturated carbocycles. The lowest BCUT2D eigenvalue weighted by Gasteiger charge is -2.37. The Bertz CT molecular complexity index is 712. The summed E-state index contributed by atoms with van der Waals surface area (Å²) in [5.74, 6) is -2.12. The fourth-order valence-electron chi connectivity index (χ4n) is 4.57. The topological polar surface area (TPSA) is 70.1 Å². The molecule has 1 aromatic rings. The molecule has 2 bridgehead atoms. The molecule has 3 fully saturated rings. The molecular weight excluding hydrogens is 344 g/mol. The van der Waals surface area contributed by atoms with E-state index in [9.17, 15) is 14.7 Å². The summed E-state index contributed by atoms with van der Waals surface area (Å²) in [5.41, 5.74) is 1.18. The van der Waals surface area contributed by atoms with Crippen molar-refractivity contribution in [2.45, 2.75) is 25.0 Å². The smallest absolute Gasteiger partial charge is 0.310 e. The van der Waals surface area contributed by atoms with Crippen LogP contribution in [-0.2, 0) is 14.3 Å². The summed E-state index contributed by atoms with van der Waals surface area (Å²) in [6.07, 6.45) is 5.32. The summed E-state index contributed by atoms with van der Waals surface area (Å²) in [6, 6.07) is 10.2. The van der Waals surface area contributed by atoms with E-state index in [-0.39, 0.29) is 18.1 Å². The van der Waals surface area contributed by atoms with Crippen molar-refractivity contribution in [3.8, 4) is 0 Å². The van der Waals surface area contributed by atoms with Gasteiger partial charge >= 0.3 is 5.97 Å². The molecule has 27 heavy (non-hydrogen) atoms. The van der Waals surface area contributed by atoms with Crippen LogP contribution in [0.1, 0.15) is 18.4 Å². The van der Waals surface area contributed by atoms with Gasteiger partial charge in [0.2, 0.25) is 5.91 Å². The normalized spacial score (nSPS) is 30.9. The molecule has 1 N–H and O–H groups in total. The second-order valence-corrected chi connectivity index (χ2v) is 7.62. The zero-order valence-electron chi connectivity index (χ0n) is 15.4. The number of fused-ring (bicyclic) bond motifs is 2. The number of amides is 1. The molecular formula is C21H26N2O4. The third kappa shape index (κ3) is 3.77. The number of ether oxygens (including phenoxy) is 1. The van der Waals surface area contributed by atoms with Gasteiger partial charge in [-0.15, -0.1) is 0 Å². The zero-order chi connectivity index (χ0) is 18.8. The van der Waals surface area contributed by atoms with Gasteiger partial charge in [-0.3, -0.25) is 14.5 Å². The van der Waals surface area contributed by atoms with Crippen molar-refractivity contribution in [1.29, 1.82) is 0 Å². The van der Waals surface area contributed by atoms with Gasteiger partial charge in [-0.1, -0.05) is 42.5 Å². The van der Waals surface area contributed by atoms with Crippen LogP contribution in [-0.4, -0.2) is 71.7 Å². The quantitative estimate of drug-likeness (QED) is 0.855. The minimum absolute atomic E-state index is 0.0333. The largest absolute Gasteiger partial charge is 0.481 e. The van der Waals surface area contributed by atoms with E-state index < -0.39 is 17.8 Å². The second kappa shape index (κ2) is 7.82. The second-order valence-electron chi connectivity index (χ2n) is 7.62. The molecule has 4 rings (SSSR count). The van der Waals surface area contributed by atoms with E-state index in [1.165, 1.54) is 5.56 Å². The molecule has 0 aromatic heterocycles. The van der Waals surface area contributed by atoms with Crippen LogP contribution in [0.3, 0.4) is 0 Å². The van der Waals surface area contributed by atoms with E-state index in [1.54, 1.807) is 0 Å². The summed E-state index contributed by atoms with van der Waals surface area (Å²) in [7, 11) is 0. The highest BCUT2D eigenvalue weighted by molar-refractivity contribution is 5.86. The number of carboxylic acids is 1. The van der Waals surface area contributed by atoms with Gasteiger partial charge in [0.1, 0.15) is 0 Å². The lowest BCUT2D eigenvalue weighted by Crippen LogP contribution is -2.53. The fourth-order valence-corrected chi connectivity index (χ4v) is 4.57. The first-order valence-corrected chi connectivity index (χ1v) is 9.74. The maximum atomic E-state index is 13.0. The van der Waals surface area contributed by atoms with Crippen molar-refractivity contribution in [1.82, 2.24) is 9.80 Å². The highest BCUT2D eigenvalue weighted by atomic mass is 16.5. The van der Waals surface area contributed by atoms with E-state index in [4.69, 9.17) is 4.74 Å². The highest BCUT2D eigenvalue weighted by Crippen LogP contribution is 2.44. The van der Waals surface area contributed by atoms with Gasteiger partial charge < -0.3 is 14.7 Å². The molecule has 0 aliphatic carbocycles. The van der Waals surface area contributed by atoms with Crippen LogP contribution >= 0.6 is 0 Å². The summed E-state index contributed by atoms with van der Waals surface area (Å²) >= 11 is 0. The molecule has 3 saturated heterocycles. The Labute approximate surface area is 159 Å². The lowest BCUT2D eigenvalue weighted by atomic mass is 9.78. The SMILES string of the molecule is O=C(O)[C@H]1[C@H](C(=O)N2CCN(C/C=C\c3ccccc3)CC2)[C@H]2CC[C@H]1O2. The number of rotatable bonds is 5. The minimum atomic E-state index is -0.898. The first-order chi connectivity index (χ1) is 13.1. The molecule has 6 heteroatoms. The summed E-state index contributed by atoms with van der Waals surface area (Å²) in [5, 5.41) is 9.52. The number of piperazine rings is 1. The van der Waals surface area contributed by atoms with Gasteiger partial charge in [0, 0.05) is 32.7 Å². The van der Waals surface area contributed by atoms with Crippen LogP contribution in [0.5, 0.6) is 0 Å². The Morgan fingerprint density at radius 1 is 1.04 bits per heavy atom. The molecule has 3 heterocycles. The van der Waals surface area contributed by atoms with Crippen molar-refractivity contribution >= 4 is 18.0 Å². The van der Waals surface area contributed by atoms with Crippen LogP contribution in [0, 0.1) is 11.8 Å². The molecule has 3 aliphatic heterocycles. The van der Waals surface area contributed by atoms with Crippen molar-refractivity contribution in [2.24, 2.45) is 11.8 Å². The van der Waals surface area contributed by atoms with Gasteiger partial charge in [-0.05, 0) is 18.4 Å². The van der Waals surface area contributed by atoms with Crippen LogP contribution in [0.4, 0.5) is 0 Å². The monoisotopic (exact) mass is 370 g/mol. The zero-order valence-corrected chi connectivity index (χ0v) is 15.4. The van der Waals surface area contributed by atoms with Crippen LogP contribution in [0.15, 0.2) is 36.4 Å².